The molecule has 2 aromatic rings. The molecule has 1 aliphatic carbocycles. The molecule has 0 spiro atoms. The van der Waals surface area contributed by atoms with Gasteiger partial charge in [0.05, 0.1) is 0 Å². The summed E-state index contributed by atoms with van der Waals surface area (Å²) in [6, 6.07) is 12.5. The Morgan fingerprint density at radius 3 is 2.42 bits per heavy atom. The van der Waals surface area contributed by atoms with E-state index in [0.717, 1.165) is 33.4 Å². The number of aromatic amines is 1. The van der Waals surface area contributed by atoms with Gasteiger partial charge in [-0.25, -0.2) is 4.98 Å². The number of allylic oxidation sites excluding steroid dienone is 3. The van der Waals surface area contributed by atoms with Gasteiger partial charge >= 0.3 is 0 Å². The largest absolute Gasteiger partial charge is 0.289 e. The quantitative estimate of drug-likeness (QED) is 0.875. The monoisotopic (exact) mass is 313 g/mol. The number of anilines is 1. The number of nitrogens with two attached hydrogens (primary N) is 1. The third-order valence-electron chi connectivity index (χ3n) is 4.54. The fourth-order valence-corrected chi connectivity index (χ4v) is 3.18. The van der Waals surface area contributed by atoms with Gasteiger partial charge in [0.2, 0.25) is 0 Å². The van der Waals surface area contributed by atoms with E-state index in [9.17, 15) is 10.5 Å². The average molecular weight is 313 g/mol. The minimum atomic E-state index is 0.298. The molecule has 0 amide bonds. The number of aromatic nitrogens is 1. The molecule has 4 nitrogen and oxygen atoms in total. The van der Waals surface area contributed by atoms with E-state index in [1.54, 1.807) is 0 Å². The van der Waals surface area contributed by atoms with Crippen LogP contribution in [0.25, 0.3) is 17.2 Å². The molecular formula is C20H17N4+. The molecule has 0 saturated carbocycles. The van der Waals surface area contributed by atoms with Crippen molar-refractivity contribution in [2.75, 3.05) is 5.73 Å². The van der Waals surface area contributed by atoms with Crippen LogP contribution in [0.1, 0.15) is 40.4 Å². The van der Waals surface area contributed by atoms with Gasteiger partial charge in [0.1, 0.15) is 23.3 Å². The summed E-state index contributed by atoms with van der Waals surface area (Å²) in [6.07, 6.45) is 2.08. The molecule has 1 aliphatic rings. The number of hydrogen-bond donors (Lipinski definition) is 1. The first-order valence-electron chi connectivity index (χ1n) is 7.64. The highest BCUT2D eigenvalue weighted by Gasteiger charge is 2.32. The van der Waals surface area contributed by atoms with Gasteiger partial charge in [-0.15, -0.1) is 0 Å². The Morgan fingerprint density at radius 2 is 1.79 bits per heavy atom. The van der Waals surface area contributed by atoms with E-state index >= 15 is 0 Å². The van der Waals surface area contributed by atoms with Crippen LogP contribution in [-0.2, 0) is 0 Å². The zero-order valence-corrected chi connectivity index (χ0v) is 13.9. The molecule has 3 rings (SSSR count). The highest BCUT2D eigenvalue weighted by Crippen LogP contribution is 2.42. The summed E-state index contributed by atoms with van der Waals surface area (Å²) >= 11 is 0. The summed E-state index contributed by atoms with van der Waals surface area (Å²) in [5, 5.41) is 19.0. The molecule has 4 heteroatoms. The Kier molecular flexibility index (Phi) is 3.67. The van der Waals surface area contributed by atoms with Gasteiger partial charge in [-0.3, -0.25) is 5.73 Å². The van der Waals surface area contributed by atoms with Crippen LogP contribution in [0.3, 0.4) is 0 Å². The second kappa shape index (κ2) is 5.68. The van der Waals surface area contributed by atoms with E-state index < -0.39 is 0 Å². The molecule has 24 heavy (non-hydrogen) atoms. The van der Waals surface area contributed by atoms with Gasteiger partial charge in [-0.2, -0.15) is 10.5 Å². The maximum Gasteiger partial charge on any atom is 0.289 e. The number of nitrogens with zero attached hydrogens (tertiary/aromatic N) is 2. The summed E-state index contributed by atoms with van der Waals surface area (Å²) < 4.78 is 0. The van der Waals surface area contributed by atoms with Gasteiger partial charge in [0.15, 0.2) is 5.69 Å². The first-order chi connectivity index (χ1) is 11.5. The molecule has 0 atom stereocenters. The number of rotatable bonds is 1. The number of H-pyrrole nitrogens is 1. The second-order valence-corrected chi connectivity index (χ2v) is 5.93. The van der Waals surface area contributed by atoms with Crippen LogP contribution >= 0.6 is 0 Å². The van der Waals surface area contributed by atoms with Crippen molar-refractivity contribution in [3.63, 3.8) is 0 Å². The van der Waals surface area contributed by atoms with E-state index in [1.165, 1.54) is 0 Å². The number of nitrogens with one attached hydrogen (secondary N) is 1. The third-order valence-corrected chi connectivity index (χ3v) is 4.54. The minimum absolute atomic E-state index is 0.298. The molecule has 1 heterocycles. The predicted molar refractivity (Wildman–Crippen MR) is 94.1 cm³/mol. The molecule has 0 radical (unpaired) electrons. The topological polar surface area (TPSA) is 87.7 Å². The molecule has 116 valence electrons. The van der Waals surface area contributed by atoms with Crippen LogP contribution in [-0.4, -0.2) is 0 Å². The highest BCUT2D eigenvalue weighted by atomic mass is 14.9. The van der Waals surface area contributed by atoms with Gasteiger partial charge in [-0.1, -0.05) is 24.3 Å². The highest BCUT2D eigenvalue weighted by molar-refractivity contribution is 6.07. The van der Waals surface area contributed by atoms with Crippen molar-refractivity contribution < 1.29 is 4.98 Å². The van der Waals surface area contributed by atoms with Crippen LogP contribution in [0, 0.1) is 36.5 Å². The van der Waals surface area contributed by atoms with Gasteiger partial charge in [0.25, 0.3) is 5.82 Å². The van der Waals surface area contributed by atoms with Crippen LogP contribution in [0.2, 0.25) is 0 Å². The van der Waals surface area contributed by atoms with Crippen LogP contribution < -0.4 is 10.7 Å². The number of nitrogen functional groups attached to an aromatic ring is 1. The van der Waals surface area contributed by atoms with E-state index in [0.29, 0.717) is 22.6 Å². The summed E-state index contributed by atoms with van der Waals surface area (Å²) in [5.74, 6) is 0.298. The number of hydrogen-bond acceptors (Lipinski definition) is 3. The van der Waals surface area contributed by atoms with Gasteiger partial charge < -0.3 is 0 Å². The van der Waals surface area contributed by atoms with E-state index in [1.807, 2.05) is 32.0 Å². The Balaban J connectivity index is 2.36. The lowest BCUT2D eigenvalue weighted by atomic mass is 9.95. The molecule has 0 bridgehead atoms. The first-order valence-corrected chi connectivity index (χ1v) is 7.64. The summed E-state index contributed by atoms with van der Waals surface area (Å²) in [7, 11) is 0. The summed E-state index contributed by atoms with van der Waals surface area (Å²) in [6.45, 7) is 5.86. The van der Waals surface area contributed by atoms with Crippen molar-refractivity contribution in [2.24, 2.45) is 0 Å². The zero-order chi connectivity index (χ0) is 17.4. The van der Waals surface area contributed by atoms with E-state index in [-0.39, 0.29) is 0 Å². The van der Waals surface area contributed by atoms with Crippen molar-refractivity contribution in [2.45, 2.75) is 20.8 Å². The minimum Gasteiger partial charge on any atom is -0.286 e. The third kappa shape index (κ3) is 2.17. The lowest BCUT2D eigenvalue weighted by Gasteiger charge is -2.09. The molecular weight excluding hydrogens is 296 g/mol. The molecule has 0 saturated heterocycles. The second-order valence-electron chi connectivity index (χ2n) is 5.93. The average Bonchev–Trinajstić information content (AvgIpc) is 2.81. The lowest BCUT2D eigenvalue weighted by Crippen LogP contribution is -2.20. The molecule has 0 unspecified atom stereocenters. The Morgan fingerprint density at radius 1 is 1.08 bits per heavy atom. The van der Waals surface area contributed by atoms with Crippen molar-refractivity contribution in [1.29, 1.82) is 10.5 Å². The fraction of sp³-hybridized carbons (Fsp3) is 0.150. The molecule has 1 aromatic heterocycles. The van der Waals surface area contributed by atoms with Crippen molar-refractivity contribution in [1.82, 2.24) is 0 Å². The van der Waals surface area contributed by atoms with Crippen LogP contribution in [0.15, 0.2) is 29.8 Å². The maximum absolute atomic E-state index is 9.57. The lowest BCUT2D eigenvalue weighted by molar-refractivity contribution is -0.364. The number of nitriles is 2. The zero-order valence-electron chi connectivity index (χ0n) is 13.9. The Bertz CT molecular complexity index is 1010. The number of pyridine rings is 1. The summed E-state index contributed by atoms with van der Waals surface area (Å²) in [5.41, 5.74) is 13.4. The number of fused-ring (bicyclic) bond motifs is 1. The van der Waals surface area contributed by atoms with Crippen molar-refractivity contribution in [3.8, 4) is 12.1 Å². The Hall–Kier alpha value is -3.37. The SMILES string of the molecule is CC1=C(C#N)c2[nH+]c(N)c(C#N)c(C)c2C1=Cc1ccccc1C. The van der Waals surface area contributed by atoms with Crippen LogP contribution in [0.5, 0.6) is 0 Å². The van der Waals surface area contributed by atoms with Crippen molar-refractivity contribution in [3.05, 3.63) is 63.3 Å². The van der Waals surface area contributed by atoms with Gasteiger partial charge in [0, 0.05) is 5.56 Å². The maximum atomic E-state index is 9.57. The molecule has 0 aliphatic heterocycles. The normalized spacial score (nSPS) is 14.5. The summed E-state index contributed by atoms with van der Waals surface area (Å²) in [4.78, 5) is 3.04. The predicted octanol–water partition coefficient (Wildman–Crippen LogP) is 3.42. The van der Waals surface area contributed by atoms with E-state index in [2.05, 4.69) is 36.2 Å². The number of aryl methyl sites for hydroxylation is 1. The fourth-order valence-electron chi connectivity index (χ4n) is 3.18. The molecule has 0 fully saturated rings. The van der Waals surface area contributed by atoms with Crippen LogP contribution in [0.4, 0.5) is 5.82 Å². The number of benzene rings is 1. The smallest absolute Gasteiger partial charge is 0.286 e. The standard InChI is InChI=1S/C20H16N4/c1-11-6-4-5-7-14(11)8-15-12(2)16(9-21)19-18(15)13(3)17(10-22)20(23)24-19/h4-8H,1-3H3,(H2,23,24)/p+1. The van der Waals surface area contributed by atoms with Gasteiger partial charge in [-0.05, 0) is 54.7 Å². The van der Waals surface area contributed by atoms with Crippen molar-refractivity contribution >= 4 is 23.0 Å². The first kappa shape index (κ1) is 15.5. The molecule has 3 N–H and O–H groups in total. The molecule has 1 aromatic carbocycles. The van der Waals surface area contributed by atoms with E-state index in [4.69, 9.17) is 5.73 Å². The Labute approximate surface area is 141 Å².